The molecule has 2 N–H and O–H groups in total. The Labute approximate surface area is 179 Å². The number of aromatic amines is 1. The third-order valence-corrected chi connectivity index (χ3v) is 7.42. The summed E-state index contributed by atoms with van der Waals surface area (Å²) in [5.74, 6) is 1.85. The van der Waals surface area contributed by atoms with Crippen LogP contribution in [0, 0.1) is 5.92 Å². The lowest BCUT2D eigenvalue weighted by Gasteiger charge is -2.14. The van der Waals surface area contributed by atoms with Crippen LogP contribution in [-0.2, 0) is 4.79 Å². The fourth-order valence-corrected chi connectivity index (χ4v) is 5.32. The molecule has 3 atom stereocenters. The molecule has 156 valence electrons. The zero-order valence-corrected chi connectivity index (χ0v) is 17.9. The van der Waals surface area contributed by atoms with E-state index >= 15 is 0 Å². The van der Waals surface area contributed by atoms with Crippen LogP contribution in [0.2, 0.25) is 0 Å². The van der Waals surface area contributed by atoms with Crippen LogP contribution in [0.25, 0.3) is 11.0 Å². The number of carbonyl (C=O) groups is 2. The first-order valence-electron chi connectivity index (χ1n) is 10.7. The van der Waals surface area contributed by atoms with Gasteiger partial charge in [-0.15, -0.1) is 11.3 Å². The molecule has 0 radical (unpaired) electrons. The highest BCUT2D eigenvalue weighted by molar-refractivity contribution is 7.14. The van der Waals surface area contributed by atoms with Crippen molar-refractivity contribution in [3.63, 3.8) is 0 Å². The average Bonchev–Trinajstić information content (AvgIpc) is 3.22. The largest absolute Gasteiger partial charge is 0.349 e. The Morgan fingerprint density at radius 3 is 2.83 bits per heavy atom. The Morgan fingerprint density at radius 2 is 2.03 bits per heavy atom. The van der Waals surface area contributed by atoms with Gasteiger partial charge in [-0.05, 0) is 56.4 Å². The first kappa shape index (κ1) is 19.3. The van der Waals surface area contributed by atoms with Crippen molar-refractivity contribution in [1.82, 2.24) is 20.2 Å². The molecule has 7 heteroatoms. The van der Waals surface area contributed by atoms with Gasteiger partial charge in [0.05, 0.1) is 22.0 Å². The Hall–Kier alpha value is -2.67. The molecule has 2 aromatic heterocycles. The number of hydrogen-bond acceptors (Lipinski definition) is 4. The normalized spacial score (nSPS) is 21.7. The van der Waals surface area contributed by atoms with Crippen LogP contribution in [0.15, 0.2) is 36.4 Å². The van der Waals surface area contributed by atoms with E-state index in [1.165, 1.54) is 11.3 Å². The SMILES string of the molecule is C[C@@H](NC(=O)C[C@@H]1C[C@H]1c1nc2ccccc2[nH]1)c1ccc(C(=O)N2CCCC2)s1. The minimum atomic E-state index is -0.0916. The lowest BCUT2D eigenvalue weighted by Crippen LogP contribution is -2.27. The van der Waals surface area contributed by atoms with E-state index in [1.54, 1.807) is 0 Å². The quantitative estimate of drug-likeness (QED) is 0.624. The number of para-hydroxylation sites is 2. The monoisotopic (exact) mass is 422 g/mol. The van der Waals surface area contributed by atoms with E-state index in [0.29, 0.717) is 18.3 Å². The lowest BCUT2D eigenvalue weighted by atomic mass is 10.2. The zero-order chi connectivity index (χ0) is 20.7. The molecule has 0 unspecified atom stereocenters. The van der Waals surface area contributed by atoms with E-state index in [-0.39, 0.29) is 17.9 Å². The fraction of sp³-hybridized carbons (Fsp3) is 0.435. The highest BCUT2D eigenvalue weighted by Crippen LogP contribution is 2.48. The van der Waals surface area contributed by atoms with Crippen molar-refractivity contribution in [1.29, 1.82) is 0 Å². The second-order valence-corrected chi connectivity index (χ2v) is 9.55. The van der Waals surface area contributed by atoms with Gasteiger partial charge in [-0.2, -0.15) is 0 Å². The number of hydrogen-bond donors (Lipinski definition) is 2. The van der Waals surface area contributed by atoms with Gasteiger partial charge in [-0.25, -0.2) is 4.98 Å². The van der Waals surface area contributed by atoms with Gasteiger partial charge < -0.3 is 15.2 Å². The summed E-state index contributed by atoms with van der Waals surface area (Å²) < 4.78 is 0. The number of aromatic nitrogens is 2. The Balaban J connectivity index is 1.15. The van der Waals surface area contributed by atoms with Gasteiger partial charge in [0.25, 0.3) is 5.91 Å². The third-order valence-electron chi connectivity index (χ3n) is 6.16. The molecule has 5 rings (SSSR count). The molecule has 1 aliphatic carbocycles. The maximum Gasteiger partial charge on any atom is 0.263 e. The van der Waals surface area contributed by atoms with Gasteiger partial charge in [0.1, 0.15) is 5.82 Å². The van der Waals surface area contributed by atoms with Crippen molar-refractivity contribution in [3.8, 4) is 0 Å². The molecule has 1 aliphatic heterocycles. The van der Waals surface area contributed by atoms with Crippen molar-refractivity contribution >= 4 is 34.2 Å². The number of nitrogens with one attached hydrogen (secondary N) is 2. The summed E-state index contributed by atoms with van der Waals surface area (Å²) in [6.07, 6.45) is 3.69. The Bertz CT molecular complexity index is 1050. The van der Waals surface area contributed by atoms with E-state index in [9.17, 15) is 9.59 Å². The Morgan fingerprint density at radius 1 is 1.23 bits per heavy atom. The first-order chi connectivity index (χ1) is 14.6. The van der Waals surface area contributed by atoms with Gasteiger partial charge in [-0.1, -0.05) is 12.1 Å². The number of imidazole rings is 1. The lowest BCUT2D eigenvalue weighted by molar-refractivity contribution is -0.122. The topological polar surface area (TPSA) is 78.1 Å². The summed E-state index contributed by atoms with van der Waals surface area (Å²) in [6, 6.07) is 11.8. The summed E-state index contributed by atoms with van der Waals surface area (Å²) in [5.41, 5.74) is 2.03. The summed E-state index contributed by atoms with van der Waals surface area (Å²) in [5, 5.41) is 3.10. The summed E-state index contributed by atoms with van der Waals surface area (Å²) >= 11 is 1.49. The molecule has 2 aliphatic rings. The molecule has 1 saturated heterocycles. The number of benzene rings is 1. The summed E-state index contributed by atoms with van der Waals surface area (Å²) in [4.78, 5) is 36.9. The predicted molar refractivity (Wildman–Crippen MR) is 118 cm³/mol. The molecule has 0 bridgehead atoms. The Kier molecular flexibility index (Phi) is 5.06. The fourth-order valence-electron chi connectivity index (χ4n) is 4.34. The molecule has 2 amide bonds. The average molecular weight is 423 g/mol. The first-order valence-corrected chi connectivity index (χ1v) is 11.5. The minimum Gasteiger partial charge on any atom is -0.349 e. The van der Waals surface area contributed by atoms with Crippen molar-refractivity contribution in [2.75, 3.05) is 13.1 Å². The van der Waals surface area contributed by atoms with Crippen molar-refractivity contribution in [2.24, 2.45) is 5.92 Å². The molecule has 3 aromatic rings. The number of thiophene rings is 1. The molecule has 0 spiro atoms. The van der Waals surface area contributed by atoms with Crippen molar-refractivity contribution < 1.29 is 9.59 Å². The maximum absolute atomic E-state index is 12.6. The van der Waals surface area contributed by atoms with Crippen LogP contribution in [0.4, 0.5) is 0 Å². The predicted octanol–water partition coefficient (Wildman–Crippen LogP) is 4.23. The van der Waals surface area contributed by atoms with Crippen molar-refractivity contribution in [3.05, 3.63) is 52.0 Å². The highest BCUT2D eigenvalue weighted by atomic mass is 32.1. The second-order valence-electron chi connectivity index (χ2n) is 8.44. The number of amides is 2. The van der Waals surface area contributed by atoms with E-state index in [0.717, 1.165) is 59.0 Å². The highest BCUT2D eigenvalue weighted by Gasteiger charge is 2.42. The van der Waals surface area contributed by atoms with Gasteiger partial charge >= 0.3 is 0 Å². The molecule has 6 nitrogen and oxygen atoms in total. The second kappa shape index (κ2) is 7.87. The minimum absolute atomic E-state index is 0.0620. The molecule has 30 heavy (non-hydrogen) atoms. The van der Waals surface area contributed by atoms with Crippen LogP contribution in [0.5, 0.6) is 0 Å². The molecule has 1 aromatic carbocycles. The van der Waals surface area contributed by atoms with Gasteiger partial charge in [0.15, 0.2) is 0 Å². The number of carbonyl (C=O) groups excluding carboxylic acids is 2. The third kappa shape index (κ3) is 3.86. The van der Waals surface area contributed by atoms with E-state index < -0.39 is 0 Å². The van der Waals surface area contributed by atoms with Crippen LogP contribution in [0.3, 0.4) is 0 Å². The smallest absolute Gasteiger partial charge is 0.263 e. The van der Waals surface area contributed by atoms with Crippen molar-refractivity contribution in [2.45, 2.75) is 44.6 Å². The van der Waals surface area contributed by atoms with Crippen LogP contribution in [0.1, 0.15) is 64.9 Å². The number of H-pyrrole nitrogens is 1. The van der Waals surface area contributed by atoms with Crippen LogP contribution in [-0.4, -0.2) is 39.8 Å². The van der Waals surface area contributed by atoms with Gasteiger partial charge in [0, 0.05) is 30.3 Å². The van der Waals surface area contributed by atoms with E-state index in [1.807, 2.05) is 48.2 Å². The number of nitrogens with zero attached hydrogens (tertiary/aromatic N) is 2. The van der Waals surface area contributed by atoms with Crippen LogP contribution < -0.4 is 5.32 Å². The molecule has 1 saturated carbocycles. The van der Waals surface area contributed by atoms with E-state index in [2.05, 4.69) is 15.3 Å². The summed E-state index contributed by atoms with van der Waals surface area (Å²) in [7, 11) is 0. The number of likely N-dealkylation sites (tertiary alicyclic amines) is 1. The zero-order valence-electron chi connectivity index (χ0n) is 17.1. The number of rotatable bonds is 6. The van der Waals surface area contributed by atoms with Gasteiger partial charge in [0.2, 0.25) is 5.91 Å². The molecule has 2 fully saturated rings. The number of fused-ring (bicyclic) bond motifs is 1. The molecule has 3 heterocycles. The maximum atomic E-state index is 12.6. The van der Waals surface area contributed by atoms with E-state index in [4.69, 9.17) is 0 Å². The van der Waals surface area contributed by atoms with Gasteiger partial charge in [-0.3, -0.25) is 9.59 Å². The van der Waals surface area contributed by atoms with Crippen LogP contribution >= 0.6 is 11.3 Å². The standard InChI is InChI=1S/C23H26N4O2S/c1-14(19-8-9-20(30-19)23(29)27-10-4-5-11-27)24-21(28)13-15-12-16(15)22-25-17-6-2-3-7-18(17)26-22/h2-3,6-9,14-16H,4-5,10-13H2,1H3,(H,24,28)(H,25,26)/t14-,15+,16-/m1/s1. The molecular weight excluding hydrogens is 396 g/mol. The summed E-state index contributed by atoms with van der Waals surface area (Å²) in [6.45, 7) is 3.69. The molecular formula is C23H26N4O2S.